The van der Waals surface area contributed by atoms with E-state index in [4.69, 9.17) is 10.00 Å². The van der Waals surface area contributed by atoms with Crippen LogP contribution in [0.3, 0.4) is 0 Å². The minimum atomic E-state index is -0.542. The van der Waals surface area contributed by atoms with E-state index < -0.39 is 5.78 Å². The fourth-order valence-electron chi connectivity index (χ4n) is 1.26. The molecular weight excluding hydrogens is 206 g/mol. The summed E-state index contributed by atoms with van der Waals surface area (Å²) in [4.78, 5) is 11.9. The van der Waals surface area contributed by atoms with Crippen molar-refractivity contribution in [2.24, 2.45) is 0 Å². The number of carbonyl (C=O) groups excluding carboxylic acids is 1. The molecular formula is C12H11NO3. The van der Waals surface area contributed by atoms with Crippen molar-refractivity contribution in [1.82, 2.24) is 0 Å². The van der Waals surface area contributed by atoms with Crippen LogP contribution in [0.25, 0.3) is 0 Å². The highest BCUT2D eigenvalue weighted by atomic mass is 16.5. The highest BCUT2D eigenvalue weighted by Gasteiger charge is 2.18. The number of nitrogens with zero attached hydrogens (tertiary/aromatic N) is 1. The number of nitriles is 1. The number of allylic oxidation sites excluding steroid dienone is 2. The Kier molecular flexibility index (Phi) is 3.67. The summed E-state index contributed by atoms with van der Waals surface area (Å²) >= 11 is 0. The monoisotopic (exact) mass is 217 g/mol. The van der Waals surface area contributed by atoms with Crippen LogP contribution in [0.15, 0.2) is 35.6 Å². The van der Waals surface area contributed by atoms with Crippen LogP contribution in [-0.2, 0) is 0 Å². The molecule has 0 aliphatic carbocycles. The van der Waals surface area contributed by atoms with Gasteiger partial charge in [-0.2, -0.15) is 5.26 Å². The van der Waals surface area contributed by atoms with Gasteiger partial charge < -0.3 is 9.84 Å². The molecule has 0 aromatic heterocycles. The lowest BCUT2D eigenvalue weighted by Gasteiger charge is -2.06. The van der Waals surface area contributed by atoms with Gasteiger partial charge in [0, 0.05) is 0 Å². The van der Waals surface area contributed by atoms with E-state index in [1.807, 2.05) is 0 Å². The molecule has 0 bridgehead atoms. The van der Waals surface area contributed by atoms with Crippen molar-refractivity contribution >= 4 is 5.78 Å². The zero-order valence-corrected chi connectivity index (χ0v) is 9.02. The summed E-state index contributed by atoms with van der Waals surface area (Å²) in [5.74, 6) is -0.458. The number of ether oxygens (including phenoxy) is 1. The maximum absolute atomic E-state index is 11.9. The second-order valence-electron chi connectivity index (χ2n) is 3.10. The molecule has 0 fully saturated rings. The van der Waals surface area contributed by atoms with Gasteiger partial charge in [-0.05, 0) is 19.1 Å². The third kappa shape index (κ3) is 2.20. The summed E-state index contributed by atoms with van der Waals surface area (Å²) < 4.78 is 5.01. The maximum atomic E-state index is 11.9. The number of carbonyl (C=O) groups is 1. The minimum absolute atomic E-state index is 0.259. The zero-order valence-electron chi connectivity index (χ0n) is 9.02. The van der Waals surface area contributed by atoms with Gasteiger partial charge in [0.15, 0.2) is 0 Å². The van der Waals surface area contributed by atoms with Gasteiger partial charge in [-0.1, -0.05) is 12.1 Å². The predicted molar refractivity (Wildman–Crippen MR) is 58.3 cm³/mol. The van der Waals surface area contributed by atoms with E-state index in [0.29, 0.717) is 5.75 Å². The third-order valence-corrected chi connectivity index (χ3v) is 2.05. The van der Waals surface area contributed by atoms with Gasteiger partial charge in [-0.25, -0.2) is 0 Å². The molecule has 0 radical (unpaired) electrons. The van der Waals surface area contributed by atoms with E-state index in [2.05, 4.69) is 0 Å². The van der Waals surface area contributed by atoms with Gasteiger partial charge in [-0.3, -0.25) is 4.79 Å². The van der Waals surface area contributed by atoms with Crippen LogP contribution in [-0.4, -0.2) is 18.0 Å². The van der Waals surface area contributed by atoms with E-state index >= 15 is 0 Å². The van der Waals surface area contributed by atoms with Crippen LogP contribution < -0.4 is 4.74 Å². The molecule has 0 heterocycles. The van der Waals surface area contributed by atoms with Crippen LogP contribution in [0.5, 0.6) is 5.75 Å². The second-order valence-corrected chi connectivity index (χ2v) is 3.10. The first-order chi connectivity index (χ1) is 7.61. The van der Waals surface area contributed by atoms with Gasteiger partial charge in [0.1, 0.15) is 23.2 Å². The largest absolute Gasteiger partial charge is 0.511 e. The van der Waals surface area contributed by atoms with Gasteiger partial charge in [0.2, 0.25) is 5.78 Å². The quantitative estimate of drug-likeness (QED) is 0.365. The first kappa shape index (κ1) is 11.8. The predicted octanol–water partition coefficient (Wildman–Crippen LogP) is 2.23. The lowest BCUT2D eigenvalue weighted by atomic mass is 10.0. The van der Waals surface area contributed by atoms with Gasteiger partial charge >= 0.3 is 0 Å². The molecule has 0 aliphatic rings. The summed E-state index contributed by atoms with van der Waals surface area (Å²) in [6, 6.07) is 8.22. The molecule has 4 heteroatoms. The Hall–Kier alpha value is -2.28. The SMILES string of the molecule is COc1ccccc1C(=O)/C(C#N)=C(/C)O. The molecule has 1 rings (SSSR count). The first-order valence-electron chi connectivity index (χ1n) is 4.59. The average Bonchev–Trinajstić information content (AvgIpc) is 2.29. The molecule has 4 nitrogen and oxygen atoms in total. The maximum Gasteiger partial charge on any atom is 0.210 e. The first-order valence-corrected chi connectivity index (χ1v) is 4.59. The number of hydrogen-bond acceptors (Lipinski definition) is 4. The number of ketones is 1. The van der Waals surface area contributed by atoms with E-state index in [1.54, 1.807) is 30.3 Å². The minimum Gasteiger partial charge on any atom is -0.511 e. The molecule has 82 valence electrons. The lowest BCUT2D eigenvalue weighted by molar-refractivity contribution is 0.103. The van der Waals surface area contributed by atoms with Crippen molar-refractivity contribution in [2.45, 2.75) is 6.92 Å². The smallest absolute Gasteiger partial charge is 0.210 e. The fourth-order valence-corrected chi connectivity index (χ4v) is 1.26. The molecule has 0 saturated heterocycles. The van der Waals surface area contributed by atoms with E-state index in [-0.39, 0.29) is 16.9 Å². The summed E-state index contributed by atoms with van der Waals surface area (Å²) in [6.45, 7) is 1.30. The molecule has 0 amide bonds. The van der Waals surface area contributed by atoms with Crippen molar-refractivity contribution < 1.29 is 14.6 Å². The summed E-state index contributed by atoms with van der Waals surface area (Å²) in [6.07, 6.45) is 0. The van der Waals surface area contributed by atoms with Crippen molar-refractivity contribution in [3.8, 4) is 11.8 Å². The van der Waals surface area contributed by atoms with E-state index in [0.717, 1.165) is 0 Å². The number of rotatable bonds is 3. The van der Waals surface area contributed by atoms with E-state index in [1.165, 1.54) is 14.0 Å². The number of aliphatic hydroxyl groups excluding tert-OH is 1. The molecule has 0 atom stereocenters. The van der Waals surface area contributed by atoms with Crippen LogP contribution >= 0.6 is 0 Å². The Morgan fingerprint density at radius 1 is 1.44 bits per heavy atom. The number of hydrogen-bond donors (Lipinski definition) is 1. The Labute approximate surface area is 93.4 Å². The van der Waals surface area contributed by atoms with Crippen molar-refractivity contribution in [1.29, 1.82) is 5.26 Å². The zero-order chi connectivity index (χ0) is 12.1. The van der Waals surface area contributed by atoms with Crippen LogP contribution in [0, 0.1) is 11.3 Å². The normalized spacial score (nSPS) is 11.3. The molecule has 16 heavy (non-hydrogen) atoms. The Bertz CT molecular complexity index is 479. The average molecular weight is 217 g/mol. The molecule has 0 aliphatic heterocycles. The second kappa shape index (κ2) is 4.99. The van der Waals surface area contributed by atoms with Crippen molar-refractivity contribution in [3.05, 3.63) is 41.2 Å². The molecule has 0 saturated carbocycles. The molecule has 1 aromatic rings. The molecule has 1 aromatic carbocycles. The Morgan fingerprint density at radius 2 is 2.06 bits per heavy atom. The van der Waals surface area contributed by atoms with Crippen LogP contribution in [0.1, 0.15) is 17.3 Å². The molecule has 0 spiro atoms. The number of para-hydroxylation sites is 1. The Balaban J connectivity index is 3.26. The van der Waals surface area contributed by atoms with Crippen LogP contribution in [0.4, 0.5) is 0 Å². The number of methoxy groups -OCH3 is 1. The number of aliphatic hydroxyl groups is 1. The van der Waals surface area contributed by atoms with Crippen LogP contribution in [0.2, 0.25) is 0 Å². The van der Waals surface area contributed by atoms with Gasteiger partial charge in [0.25, 0.3) is 0 Å². The highest BCUT2D eigenvalue weighted by molar-refractivity contribution is 6.13. The number of benzene rings is 1. The summed E-state index contributed by atoms with van der Waals surface area (Å²) in [5, 5.41) is 18.0. The van der Waals surface area contributed by atoms with Crippen molar-refractivity contribution in [2.75, 3.05) is 7.11 Å². The van der Waals surface area contributed by atoms with Crippen molar-refractivity contribution in [3.63, 3.8) is 0 Å². The highest BCUT2D eigenvalue weighted by Crippen LogP contribution is 2.21. The molecule has 1 N–H and O–H groups in total. The Morgan fingerprint density at radius 3 is 2.56 bits per heavy atom. The third-order valence-electron chi connectivity index (χ3n) is 2.05. The topological polar surface area (TPSA) is 70.3 Å². The lowest BCUT2D eigenvalue weighted by Crippen LogP contribution is -2.06. The fraction of sp³-hybridized carbons (Fsp3) is 0.167. The summed E-state index contributed by atoms with van der Waals surface area (Å²) in [5.41, 5.74) is -0.0144. The van der Waals surface area contributed by atoms with Gasteiger partial charge in [-0.15, -0.1) is 0 Å². The summed E-state index contributed by atoms with van der Waals surface area (Å²) in [7, 11) is 1.44. The van der Waals surface area contributed by atoms with E-state index in [9.17, 15) is 9.90 Å². The standard InChI is InChI=1S/C12H11NO3/c1-8(14)10(7-13)12(15)9-5-3-4-6-11(9)16-2/h3-6,14H,1-2H3/b10-8-. The molecule has 0 unspecified atom stereocenters. The van der Waals surface area contributed by atoms with Gasteiger partial charge in [0.05, 0.1) is 12.7 Å². The number of Topliss-reactive ketones (excluding diaryl/α,β-unsaturated/α-hetero) is 1.